The minimum Gasteiger partial charge on any atom is -0.352 e. The van der Waals surface area contributed by atoms with E-state index in [9.17, 15) is 0 Å². The van der Waals surface area contributed by atoms with E-state index in [0.29, 0.717) is 6.54 Å². The quantitative estimate of drug-likeness (QED) is 0.412. The molecule has 0 aliphatic heterocycles. The summed E-state index contributed by atoms with van der Waals surface area (Å²) in [5, 5.41) is 8.57. The number of thiophene rings is 1. The van der Waals surface area contributed by atoms with Gasteiger partial charge in [0.2, 0.25) is 0 Å². The van der Waals surface area contributed by atoms with Crippen LogP contribution < -0.4 is 10.6 Å². The molecule has 0 atom stereocenters. The highest BCUT2D eigenvalue weighted by molar-refractivity contribution is 14.0. The molecule has 0 radical (unpaired) electrons. The second kappa shape index (κ2) is 9.30. The maximum absolute atomic E-state index is 4.26. The number of hydrogen-bond donors (Lipinski definition) is 2. The maximum atomic E-state index is 4.26. The molecule has 0 amide bonds. The van der Waals surface area contributed by atoms with Crippen molar-refractivity contribution in [1.29, 1.82) is 0 Å². The molecular formula is C13H16BrIN4S. The van der Waals surface area contributed by atoms with Crippen molar-refractivity contribution < 1.29 is 0 Å². The van der Waals surface area contributed by atoms with Crippen LogP contribution in [0.25, 0.3) is 0 Å². The molecule has 0 saturated heterocycles. The Bertz CT molecular complexity index is 544. The standard InChI is InChI=1S/C13H15BrN4S.HI/c1-15-13(17-7-11-4-2-3-5-16-11)18-8-12-6-10(14)9-19-12;/h2-6,9H,7-8H2,1H3,(H2,15,17,18);1H. The number of hydrogen-bond acceptors (Lipinski definition) is 3. The molecule has 0 bridgehead atoms. The predicted molar refractivity (Wildman–Crippen MR) is 98.7 cm³/mol. The number of aliphatic imine (C=N–C) groups is 1. The Morgan fingerprint density at radius 1 is 1.35 bits per heavy atom. The molecule has 0 aliphatic carbocycles. The van der Waals surface area contributed by atoms with Gasteiger partial charge in [0, 0.05) is 28.0 Å². The SMILES string of the molecule is CN=C(NCc1ccccn1)NCc1cc(Br)cs1.I. The first-order valence-electron chi connectivity index (χ1n) is 5.85. The molecule has 0 saturated carbocycles. The minimum absolute atomic E-state index is 0. The lowest BCUT2D eigenvalue weighted by molar-refractivity contribution is 0.799. The molecule has 0 aromatic carbocycles. The fourth-order valence-corrected chi connectivity index (χ4v) is 2.91. The van der Waals surface area contributed by atoms with Gasteiger partial charge in [-0.05, 0) is 34.1 Å². The Labute approximate surface area is 148 Å². The first-order valence-corrected chi connectivity index (χ1v) is 7.52. The van der Waals surface area contributed by atoms with E-state index in [4.69, 9.17) is 0 Å². The number of nitrogens with zero attached hydrogens (tertiary/aromatic N) is 2. The maximum Gasteiger partial charge on any atom is 0.191 e. The van der Waals surface area contributed by atoms with Gasteiger partial charge in [-0.2, -0.15) is 0 Å². The van der Waals surface area contributed by atoms with Crippen LogP contribution in [-0.4, -0.2) is 18.0 Å². The van der Waals surface area contributed by atoms with E-state index in [1.54, 1.807) is 24.6 Å². The van der Waals surface area contributed by atoms with Crippen LogP contribution in [0.15, 0.2) is 45.3 Å². The highest BCUT2D eigenvalue weighted by Crippen LogP contribution is 2.19. The topological polar surface area (TPSA) is 49.3 Å². The van der Waals surface area contributed by atoms with Crippen molar-refractivity contribution in [2.24, 2.45) is 4.99 Å². The van der Waals surface area contributed by atoms with Gasteiger partial charge in [-0.15, -0.1) is 35.3 Å². The number of rotatable bonds is 4. The minimum atomic E-state index is 0. The van der Waals surface area contributed by atoms with Crippen molar-refractivity contribution in [3.63, 3.8) is 0 Å². The van der Waals surface area contributed by atoms with E-state index in [1.165, 1.54) is 4.88 Å². The van der Waals surface area contributed by atoms with Crippen LogP contribution in [0.1, 0.15) is 10.6 Å². The van der Waals surface area contributed by atoms with Crippen LogP contribution >= 0.6 is 51.2 Å². The van der Waals surface area contributed by atoms with E-state index < -0.39 is 0 Å². The molecule has 0 unspecified atom stereocenters. The zero-order valence-corrected chi connectivity index (χ0v) is 15.7. The smallest absolute Gasteiger partial charge is 0.191 e. The first-order chi connectivity index (χ1) is 9.28. The number of nitrogens with one attached hydrogen (secondary N) is 2. The van der Waals surface area contributed by atoms with Gasteiger partial charge in [-0.1, -0.05) is 6.07 Å². The predicted octanol–water partition coefficient (Wildman–Crippen LogP) is 3.39. The van der Waals surface area contributed by atoms with Gasteiger partial charge in [0.05, 0.1) is 18.8 Å². The van der Waals surface area contributed by atoms with E-state index >= 15 is 0 Å². The highest BCUT2D eigenvalue weighted by Gasteiger charge is 2.01. The van der Waals surface area contributed by atoms with Crippen LogP contribution in [-0.2, 0) is 13.1 Å². The van der Waals surface area contributed by atoms with Gasteiger partial charge >= 0.3 is 0 Å². The second-order valence-electron chi connectivity index (χ2n) is 3.83. The van der Waals surface area contributed by atoms with Crippen LogP contribution in [0, 0.1) is 0 Å². The number of halogens is 2. The van der Waals surface area contributed by atoms with Gasteiger partial charge < -0.3 is 10.6 Å². The van der Waals surface area contributed by atoms with Crippen LogP contribution in [0.5, 0.6) is 0 Å². The van der Waals surface area contributed by atoms with Crippen LogP contribution in [0.4, 0.5) is 0 Å². The molecule has 2 aromatic rings. The molecule has 2 N–H and O–H groups in total. The number of aromatic nitrogens is 1. The molecule has 0 fully saturated rings. The van der Waals surface area contributed by atoms with Gasteiger partial charge in [0.1, 0.15) is 0 Å². The zero-order valence-electron chi connectivity index (χ0n) is 11.0. The summed E-state index contributed by atoms with van der Waals surface area (Å²) < 4.78 is 1.12. The fourth-order valence-electron chi connectivity index (χ4n) is 1.51. The largest absolute Gasteiger partial charge is 0.352 e. The summed E-state index contributed by atoms with van der Waals surface area (Å²) in [5.41, 5.74) is 0.990. The molecule has 0 spiro atoms. The van der Waals surface area contributed by atoms with Crippen molar-refractivity contribution in [1.82, 2.24) is 15.6 Å². The average molecular weight is 467 g/mol. The molecule has 2 aromatic heterocycles. The average Bonchev–Trinajstić information content (AvgIpc) is 2.86. The lowest BCUT2D eigenvalue weighted by Crippen LogP contribution is -2.36. The summed E-state index contributed by atoms with van der Waals surface area (Å²) in [5.74, 6) is 0.773. The number of guanidine groups is 1. The molecule has 2 rings (SSSR count). The molecule has 108 valence electrons. The Morgan fingerprint density at radius 3 is 2.75 bits per heavy atom. The van der Waals surface area contributed by atoms with Gasteiger partial charge in [-0.3, -0.25) is 9.98 Å². The lowest BCUT2D eigenvalue weighted by Gasteiger charge is -2.10. The van der Waals surface area contributed by atoms with Gasteiger partial charge in [0.25, 0.3) is 0 Å². The summed E-state index contributed by atoms with van der Waals surface area (Å²) in [6, 6.07) is 7.97. The summed E-state index contributed by atoms with van der Waals surface area (Å²) >= 11 is 5.16. The summed E-state index contributed by atoms with van der Waals surface area (Å²) in [7, 11) is 1.76. The van der Waals surface area contributed by atoms with Crippen LogP contribution in [0.2, 0.25) is 0 Å². The van der Waals surface area contributed by atoms with E-state index in [1.807, 2.05) is 18.2 Å². The summed E-state index contributed by atoms with van der Waals surface area (Å²) in [4.78, 5) is 9.70. The van der Waals surface area contributed by atoms with E-state index in [2.05, 4.69) is 48.0 Å². The number of pyridine rings is 1. The van der Waals surface area contributed by atoms with Gasteiger partial charge in [0.15, 0.2) is 5.96 Å². The van der Waals surface area contributed by atoms with Crippen molar-refractivity contribution >= 4 is 57.2 Å². The monoisotopic (exact) mass is 466 g/mol. The van der Waals surface area contributed by atoms with Crippen molar-refractivity contribution in [2.75, 3.05) is 7.05 Å². The Balaban J connectivity index is 0.00000200. The summed E-state index contributed by atoms with van der Waals surface area (Å²) in [6.07, 6.45) is 1.79. The molecule has 4 nitrogen and oxygen atoms in total. The molecule has 20 heavy (non-hydrogen) atoms. The van der Waals surface area contributed by atoms with Crippen molar-refractivity contribution in [3.05, 3.63) is 50.9 Å². The third kappa shape index (κ3) is 5.76. The van der Waals surface area contributed by atoms with Crippen LogP contribution in [0.3, 0.4) is 0 Å². The lowest BCUT2D eigenvalue weighted by atomic mass is 10.3. The molecule has 2 heterocycles. The Kier molecular flexibility index (Phi) is 8.08. The van der Waals surface area contributed by atoms with Crippen molar-refractivity contribution in [3.8, 4) is 0 Å². The van der Waals surface area contributed by atoms with Gasteiger partial charge in [-0.25, -0.2) is 0 Å². The molecule has 0 aliphatic rings. The Morgan fingerprint density at radius 2 is 2.15 bits per heavy atom. The zero-order chi connectivity index (χ0) is 13.5. The summed E-state index contributed by atoms with van der Waals surface area (Å²) in [6.45, 7) is 1.42. The fraction of sp³-hybridized carbons (Fsp3) is 0.231. The second-order valence-corrected chi connectivity index (χ2v) is 5.74. The molecular weight excluding hydrogens is 451 g/mol. The third-order valence-corrected chi connectivity index (χ3v) is 4.14. The molecule has 7 heteroatoms. The normalized spacial score (nSPS) is 10.8. The highest BCUT2D eigenvalue weighted by atomic mass is 127. The van der Waals surface area contributed by atoms with E-state index in [0.717, 1.165) is 22.7 Å². The first kappa shape index (κ1) is 17.4. The van der Waals surface area contributed by atoms with E-state index in [-0.39, 0.29) is 24.0 Å². The Hall–Kier alpha value is -0.670. The van der Waals surface area contributed by atoms with Crippen molar-refractivity contribution in [2.45, 2.75) is 13.1 Å². The third-order valence-electron chi connectivity index (χ3n) is 2.44.